The van der Waals surface area contributed by atoms with Crippen LogP contribution in [0, 0.1) is 0 Å². The topological polar surface area (TPSA) is 78.9 Å². The molecule has 0 heterocycles. The van der Waals surface area contributed by atoms with Gasteiger partial charge in [0.05, 0.1) is 0 Å². The minimum Gasteiger partial charge on any atom is -0.462 e. The third-order valence-corrected chi connectivity index (χ3v) is 9.18. The van der Waals surface area contributed by atoms with Gasteiger partial charge in [-0.05, 0) is 103 Å². The van der Waals surface area contributed by atoms with Crippen molar-refractivity contribution in [1.82, 2.24) is 0 Å². The van der Waals surface area contributed by atoms with Crippen LogP contribution >= 0.6 is 0 Å². The van der Waals surface area contributed by atoms with E-state index in [1.54, 1.807) is 0 Å². The molecule has 6 heteroatoms. The van der Waals surface area contributed by atoms with E-state index in [9.17, 15) is 14.4 Å². The van der Waals surface area contributed by atoms with Gasteiger partial charge in [0.2, 0.25) is 0 Å². The average Bonchev–Trinajstić information content (AvgIpc) is 3.27. The Morgan fingerprint density at radius 2 is 0.694 bits per heavy atom. The summed E-state index contributed by atoms with van der Waals surface area (Å²) in [5.41, 5.74) is 0. The zero-order chi connectivity index (χ0) is 45.1. The van der Waals surface area contributed by atoms with Crippen molar-refractivity contribution in [2.75, 3.05) is 13.2 Å². The lowest BCUT2D eigenvalue weighted by Crippen LogP contribution is -2.30. The molecule has 1 atom stereocenters. The highest BCUT2D eigenvalue weighted by molar-refractivity contribution is 5.71. The number of hydrogen-bond acceptors (Lipinski definition) is 6. The predicted molar refractivity (Wildman–Crippen MR) is 265 cm³/mol. The predicted octanol–water partition coefficient (Wildman–Crippen LogP) is 15.7. The van der Waals surface area contributed by atoms with Crippen LogP contribution in [0.15, 0.2) is 146 Å². The summed E-state index contributed by atoms with van der Waals surface area (Å²) in [5, 5.41) is 0. The van der Waals surface area contributed by atoms with E-state index in [0.717, 1.165) is 116 Å². The van der Waals surface area contributed by atoms with Gasteiger partial charge in [-0.15, -0.1) is 0 Å². The minimum atomic E-state index is -0.840. The lowest BCUT2D eigenvalue weighted by Gasteiger charge is -2.18. The fraction of sp³-hybridized carbons (Fsp3) is 0.518. The van der Waals surface area contributed by atoms with Gasteiger partial charge in [0.25, 0.3) is 0 Å². The number of ether oxygens (including phenoxy) is 3. The number of unbranched alkanes of at least 4 members (excludes halogenated alkanes) is 8. The Morgan fingerprint density at radius 1 is 0.339 bits per heavy atom. The molecule has 62 heavy (non-hydrogen) atoms. The summed E-state index contributed by atoms with van der Waals surface area (Å²) in [5.74, 6) is -1.09. The molecule has 0 bridgehead atoms. The number of hydrogen-bond donors (Lipinski definition) is 0. The van der Waals surface area contributed by atoms with E-state index in [1.165, 1.54) is 0 Å². The van der Waals surface area contributed by atoms with Crippen molar-refractivity contribution >= 4 is 17.9 Å². The maximum atomic E-state index is 12.7. The van der Waals surface area contributed by atoms with Gasteiger partial charge in [-0.2, -0.15) is 0 Å². The van der Waals surface area contributed by atoms with Gasteiger partial charge in [0.1, 0.15) is 13.2 Å². The maximum Gasteiger partial charge on any atom is 0.306 e. The number of allylic oxidation sites excluding steroid dienone is 24. The molecule has 0 amide bonds. The zero-order valence-corrected chi connectivity index (χ0v) is 39.1. The van der Waals surface area contributed by atoms with Crippen molar-refractivity contribution in [2.24, 2.45) is 0 Å². The fourth-order valence-electron chi connectivity index (χ4n) is 5.69. The van der Waals surface area contributed by atoms with Crippen LogP contribution in [0.2, 0.25) is 0 Å². The van der Waals surface area contributed by atoms with E-state index in [1.807, 2.05) is 48.6 Å². The summed E-state index contributed by atoms with van der Waals surface area (Å²) >= 11 is 0. The van der Waals surface area contributed by atoms with Crippen molar-refractivity contribution in [3.8, 4) is 0 Å². The van der Waals surface area contributed by atoms with Crippen LogP contribution in [-0.4, -0.2) is 37.2 Å². The first-order valence-electron chi connectivity index (χ1n) is 23.9. The van der Waals surface area contributed by atoms with Crippen LogP contribution in [0.3, 0.4) is 0 Å². The van der Waals surface area contributed by atoms with Crippen LogP contribution in [0.1, 0.15) is 168 Å². The summed E-state index contributed by atoms with van der Waals surface area (Å²) in [6.07, 6.45) is 69.9. The molecule has 6 nitrogen and oxygen atoms in total. The van der Waals surface area contributed by atoms with E-state index in [-0.39, 0.29) is 44.0 Å². The first kappa shape index (κ1) is 57.3. The van der Waals surface area contributed by atoms with Gasteiger partial charge >= 0.3 is 17.9 Å². The first-order valence-corrected chi connectivity index (χ1v) is 23.9. The summed E-state index contributed by atoms with van der Waals surface area (Å²) in [7, 11) is 0. The highest BCUT2D eigenvalue weighted by Gasteiger charge is 2.19. The van der Waals surface area contributed by atoms with Crippen molar-refractivity contribution in [2.45, 2.75) is 175 Å². The third kappa shape index (κ3) is 46.4. The molecule has 0 N–H and O–H groups in total. The Balaban J connectivity index is 4.60. The second-order valence-corrected chi connectivity index (χ2v) is 15.0. The molecular formula is C56H84O6. The average molecular weight is 853 g/mol. The Morgan fingerprint density at radius 3 is 1.21 bits per heavy atom. The molecule has 0 saturated carbocycles. The number of carbonyl (C=O) groups excluding carboxylic acids is 3. The quantitative estimate of drug-likeness (QED) is 0.0201. The molecule has 1 unspecified atom stereocenters. The molecule has 344 valence electrons. The van der Waals surface area contributed by atoms with E-state index < -0.39 is 6.10 Å². The van der Waals surface area contributed by atoms with Gasteiger partial charge in [0, 0.05) is 19.3 Å². The van der Waals surface area contributed by atoms with Crippen molar-refractivity contribution in [3.05, 3.63) is 146 Å². The third-order valence-electron chi connectivity index (χ3n) is 9.18. The van der Waals surface area contributed by atoms with Crippen molar-refractivity contribution < 1.29 is 28.6 Å². The molecule has 0 aromatic heterocycles. The zero-order valence-electron chi connectivity index (χ0n) is 39.1. The molecule has 0 aliphatic carbocycles. The highest BCUT2D eigenvalue weighted by atomic mass is 16.6. The van der Waals surface area contributed by atoms with E-state index >= 15 is 0 Å². The minimum absolute atomic E-state index is 0.132. The van der Waals surface area contributed by atoms with Crippen LogP contribution < -0.4 is 0 Å². The van der Waals surface area contributed by atoms with Gasteiger partial charge in [-0.1, -0.05) is 192 Å². The Labute approximate surface area is 378 Å². The van der Waals surface area contributed by atoms with Crippen LogP contribution in [0.25, 0.3) is 0 Å². The van der Waals surface area contributed by atoms with Crippen LogP contribution in [0.5, 0.6) is 0 Å². The van der Waals surface area contributed by atoms with E-state index in [2.05, 4.69) is 118 Å². The number of esters is 3. The molecule has 0 radical (unpaired) electrons. The van der Waals surface area contributed by atoms with Gasteiger partial charge in [-0.3, -0.25) is 14.4 Å². The molecule has 0 aliphatic heterocycles. The molecule has 0 rings (SSSR count). The van der Waals surface area contributed by atoms with E-state index in [0.29, 0.717) is 19.3 Å². The smallest absolute Gasteiger partial charge is 0.306 e. The number of rotatable bonds is 40. The van der Waals surface area contributed by atoms with Crippen LogP contribution in [-0.2, 0) is 28.6 Å². The maximum absolute atomic E-state index is 12.7. The summed E-state index contributed by atoms with van der Waals surface area (Å²) in [6.45, 7) is 6.12. The Bertz CT molecular complexity index is 1440. The summed E-state index contributed by atoms with van der Waals surface area (Å²) in [4.78, 5) is 37.8. The van der Waals surface area contributed by atoms with Gasteiger partial charge < -0.3 is 14.2 Å². The first-order chi connectivity index (χ1) is 30.5. The molecule has 0 aromatic rings. The van der Waals surface area contributed by atoms with Crippen LogP contribution in [0.4, 0.5) is 0 Å². The van der Waals surface area contributed by atoms with Gasteiger partial charge in [-0.25, -0.2) is 0 Å². The lowest BCUT2D eigenvalue weighted by molar-refractivity contribution is -0.166. The largest absolute Gasteiger partial charge is 0.462 e. The Hall–Kier alpha value is -4.71. The van der Waals surface area contributed by atoms with E-state index in [4.69, 9.17) is 14.2 Å². The second kappa shape index (κ2) is 49.0. The second-order valence-electron chi connectivity index (χ2n) is 15.0. The van der Waals surface area contributed by atoms with Crippen molar-refractivity contribution in [3.63, 3.8) is 0 Å². The molecule has 0 saturated heterocycles. The molecular weight excluding hydrogens is 769 g/mol. The standard InChI is InChI=1S/C56H84O6/c1-4-7-10-13-16-19-22-25-26-27-28-29-30-32-34-37-40-43-46-49-55(58)61-52-53(51-60-54(57)48-45-42-39-36-33-24-21-18-15-12-9-6-3)62-56(59)50-47-44-41-38-35-31-23-20-17-14-11-8-5-2/h7-12,14,16-21,23,25-26,28-29,31-32,34-35,40,43,53H,4-6,13,15,22,24,27,30,33,36-39,41-42,44-52H2,1-3H3/b10-7-,11-8-,12-9-,17-14-,19-16-,21-18-,23-20-,26-25-,29-28-,34-32-,35-31-,43-40-. The molecule has 0 aromatic carbocycles. The van der Waals surface area contributed by atoms with Gasteiger partial charge in [0.15, 0.2) is 6.10 Å². The fourth-order valence-corrected chi connectivity index (χ4v) is 5.69. The normalized spacial score (nSPS) is 13.4. The Kier molecular flexibility index (Phi) is 45.2. The van der Waals surface area contributed by atoms with Crippen molar-refractivity contribution in [1.29, 1.82) is 0 Å². The monoisotopic (exact) mass is 853 g/mol. The molecule has 0 spiro atoms. The lowest BCUT2D eigenvalue weighted by atomic mass is 10.1. The summed E-state index contributed by atoms with van der Waals surface area (Å²) in [6, 6.07) is 0. The number of carbonyl (C=O) groups is 3. The molecule has 0 aliphatic rings. The SMILES string of the molecule is CC\C=C/C=C\C=C/C=C\CCCCCC(=O)OC(COC(=O)CC/C=C\C/C=C\C/C=C\C/C=C\C/C=C\C/C=C\CC)COC(=O)CCCCCCC/C=C\C/C=C\CC. The summed E-state index contributed by atoms with van der Waals surface area (Å²) < 4.78 is 16.6. The molecule has 0 fully saturated rings. The highest BCUT2D eigenvalue weighted by Crippen LogP contribution is 2.11.